The number of pyridine rings is 2. The van der Waals surface area contributed by atoms with Crippen molar-refractivity contribution >= 4 is 33.4 Å². The highest BCUT2D eigenvalue weighted by Crippen LogP contribution is 2.30. The molecule has 0 unspecified atom stereocenters. The molecule has 3 aromatic rings. The minimum absolute atomic E-state index is 0.476. The van der Waals surface area contributed by atoms with E-state index < -0.39 is 5.91 Å². The van der Waals surface area contributed by atoms with Gasteiger partial charge in [0, 0.05) is 22.2 Å². The Hall–Kier alpha value is -2.93. The Morgan fingerprint density at radius 1 is 1.10 bits per heavy atom. The molecule has 1 N–H and O–H groups in total. The fourth-order valence-electron chi connectivity index (χ4n) is 2.32. The van der Waals surface area contributed by atoms with Gasteiger partial charge in [0.25, 0.3) is 5.91 Å². The fraction of sp³-hybridized carbons (Fsp3) is 0.118. The summed E-state index contributed by atoms with van der Waals surface area (Å²) in [4.78, 5) is 20.6. The first-order valence-electron chi connectivity index (χ1n) is 6.54. The van der Waals surface area contributed by atoms with Crippen molar-refractivity contribution in [1.82, 2.24) is 9.97 Å². The number of nitrogens with one attached hydrogen (secondary N) is 1. The normalized spacial score (nSPS) is 10.5. The van der Waals surface area contributed by atoms with E-state index in [0.717, 1.165) is 33.2 Å². The van der Waals surface area contributed by atoms with Crippen molar-refractivity contribution in [3.63, 3.8) is 0 Å². The summed E-state index contributed by atoms with van der Waals surface area (Å²) in [6.45, 7) is 3.86. The van der Waals surface area contributed by atoms with Gasteiger partial charge in [0.15, 0.2) is 0 Å². The van der Waals surface area contributed by atoms with Crippen LogP contribution in [-0.2, 0) is 4.79 Å². The van der Waals surface area contributed by atoms with Crippen molar-refractivity contribution in [3.05, 3.63) is 41.7 Å². The number of hydrogen-bond acceptors (Lipinski definition) is 3. The molecule has 0 saturated carbocycles. The lowest BCUT2D eigenvalue weighted by Gasteiger charge is -2.10. The van der Waals surface area contributed by atoms with E-state index in [9.17, 15) is 4.79 Å². The maximum Gasteiger partial charge on any atom is 0.300 e. The van der Waals surface area contributed by atoms with Gasteiger partial charge in [-0.2, -0.15) is 0 Å². The average molecular weight is 275 g/mol. The SMILES string of the molecule is C#CC(=O)Nc1cc2ccc(C)nc2c2nc(C)ccc12. The summed E-state index contributed by atoms with van der Waals surface area (Å²) in [5.74, 6) is 1.58. The summed E-state index contributed by atoms with van der Waals surface area (Å²) >= 11 is 0. The lowest BCUT2D eigenvalue weighted by Crippen LogP contribution is -2.08. The van der Waals surface area contributed by atoms with Gasteiger partial charge in [0.1, 0.15) is 0 Å². The molecule has 0 fully saturated rings. The Morgan fingerprint density at radius 2 is 1.76 bits per heavy atom. The lowest BCUT2D eigenvalue weighted by atomic mass is 10.1. The number of benzene rings is 1. The molecule has 0 bridgehead atoms. The Morgan fingerprint density at radius 3 is 2.48 bits per heavy atom. The lowest BCUT2D eigenvalue weighted by molar-refractivity contribution is -0.111. The van der Waals surface area contributed by atoms with E-state index in [4.69, 9.17) is 6.42 Å². The van der Waals surface area contributed by atoms with Crippen LogP contribution in [0.1, 0.15) is 11.4 Å². The largest absolute Gasteiger partial charge is 0.315 e. The van der Waals surface area contributed by atoms with Crippen molar-refractivity contribution in [1.29, 1.82) is 0 Å². The molecular weight excluding hydrogens is 262 g/mol. The fourth-order valence-corrected chi connectivity index (χ4v) is 2.32. The quantitative estimate of drug-likeness (QED) is 0.548. The van der Waals surface area contributed by atoms with Gasteiger partial charge in [-0.1, -0.05) is 6.07 Å². The third-order valence-corrected chi connectivity index (χ3v) is 3.29. The maximum absolute atomic E-state index is 11.5. The predicted molar refractivity (Wildman–Crippen MR) is 84.0 cm³/mol. The van der Waals surface area contributed by atoms with Crippen LogP contribution in [0.15, 0.2) is 30.3 Å². The maximum atomic E-state index is 11.5. The van der Waals surface area contributed by atoms with Crippen LogP contribution < -0.4 is 5.32 Å². The molecular formula is C17H13N3O. The number of fused-ring (bicyclic) bond motifs is 3. The van der Waals surface area contributed by atoms with Gasteiger partial charge in [-0.15, -0.1) is 6.42 Å². The Balaban J connectivity index is 2.40. The first kappa shape index (κ1) is 13.1. The molecule has 0 saturated heterocycles. The number of carbonyl (C=O) groups is 1. The van der Waals surface area contributed by atoms with Crippen LogP contribution >= 0.6 is 0 Å². The number of terminal acetylenes is 1. The van der Waals surface area contributed by atoms with Gasteiger partial charge in [0.05, 0.1) is 16.7 Å². The molecule has 0 aliphatic heterocycles. The molecule has 0 spiro atoms. The van der Waals surface area contributed by atoms with Gasteiger partial charge in [0.2, 0.25) is 0 Å². The first-order valence-corrected chi connectivity index (χ1v) is 6.54. The molecule has 4 nitrogen and oxygen atoms in total. The zero-order chi connectivity index (χ0) is 15.0. The zero-order valence-corrected chi connectivity index (χ0v) is 11.8. The molecule has 2 heterocycles. The summed E-state index contributed by atoms with van der Waals surface area (Å²) in [5, 5.41) is 4.46. The topological polar surface area (TPSA) is 54.9 Å². The van der Waals surface area contributed by atoms with E-state index in [1.54, 1.807) is 0 Å². The van der Waals surface area contributed by atoms with Crippen LogP contribution in [0.25, 0.3) is 21.8 Å². The molecule has 3 rings (SSSR count). The third kappa shape index (κ3) is 2.30. The number of aryl methyl sites for hydroxylation is 2. The van der Waals surface area contributed by atoms with Crippen molar-refractivity contribution in [2.45, 2.75) is 13.8 Å². The number of aromatic nitrogens is 2. The zero-order valence-electron chi connectivity index (χ0n) is 11.8. The summed E-state index contributed by atoms with van der Waals surface area (Å²) in [6.07, 6.45) is 5.13. The molecule has 0 aliphatic rings. The van der Waals surface area contributed by atoms with Crippen LogP contribution in [-0.4, -0.2) is 15.9 Å². The number of rotatable bonds is 1. The number of carbonyl (C=O) groups excluding carboxylic acids is 1. The number of amides is 1. The highest BCUT2D eigenvalue weighted by atomic mass is 16.1. The summed E-state index contributed by atoms with van der Waals surface area (Å²) in [5.41, 5.74) is 4.06. The molecule has 0 radical (unpaired) electrons. The minimum Gasteiger partial charge on any atom is -0.315 e. The molecule has 0 aliphatic carbocycles. The van der Waals surface area contributed by atoms with Crippen molar-refractivity contribution in [3.8, 4) is 12.3 Å². The van der Waals surface area contributed by atoms with Crippen LogP contribution in [0.3, 0.4) is 0 Å². The number of anilines is 1. The van der Waals surface area contributed by atoms with Gasteiger partial charge >= 0.3 is 0 Å². The highest BCUT2D eigenvalue weighted by molar-refractivity contribution is 6.14. The second-order valence-corrected chi connectivity index (χ2v) is 4.90. The number of nitrogens with zero attached hydrogens (tertiary/aromatic N) is 2. The summed E-state index contributed by atoms with van der Waals surface area (Å²) < 4.78 is 0. The van der Waals surface area contributed by atoms with Crippen LogP contribution in [0.2, 0.25) is 0 Å². The number of hydrogen-bond donors (Lipinski definition) is 1. The third-order valence-electron chi connectivity index (χ3n) is 3.29. The van der Waals surface area contributed by atoms with E-state index in [1.165, 1.54) is 0 Å². The van der Waals surface area contributed by atoms with E-state index >= 15 is 0 Å². The minimum atomic E-state index is -0.476. The second-order valence-electron chi connectivity index (χ2n) is 4.90. The van der Waals surface area contributed by atoms with E-state index in [1.807, 2.05) is 44.2 Å². The molecule has 102 valence electrons. The highest BCUT2D eigenvalue weighted by Gasteiger charge is 2.11. The van der Waals surface area contributed by atoms with Gasteiger partial charge in [-0.3, -0.25) is 14.8 Å². The van der Waals surface area contributed by atoms with E-state index in [0.29, 0.717) is 5.69 Å². The molecule has 1 amide bonds. The van der Waals surface area contributed by atoms with Crippen molar-refractivity contribution in [2.75, 3.05) is 5.32 Å². The Kier molecular flexibility index (Phi) is 3.03. The molecule has 21 heavy (non-hydrogen) atoms. The van der Waals surface area contributed by atoms with Gasteiger partial charge < -0.3 is 5.32 Å². The first-order chi connectivity index (χ1) is 10.1. The second kappa shape index (κ2) is 4.88. The Labute approximate surface area is 122 Å². The average Bonchev–Trinajstić information content (AvgIpc) is 2.47. The molecule has 2 aromatic heterocycles. The van der Waals surface area contributed by atoms with Crippen molar-refractivity contribution < 1.29 is 4.79 Å². The van der Waals surface area contributed by atoms with Crippen molar-refractivity contribution in [2.24, 2.45) is 0 Å². The predicted octanol–water partition coefficient (Wildman–Crippen LogP) is 2.97. The van der Waals surface area contributed by atoms with Gasteiger partial charge in [-0.25, -0.2) is 0 Å². The van der Waals surface area contributed by atoms with E-state index in [-0.39, 0.29) is 0 Å². The molecule has 0 atom stereocenters. The van der Waals surface area contributed by atoms with Crippen LogP contribution in [0, 0.1) is 26.2 Å². The van der Waals surface area contributed by atoms with E-state index in [2.05, 4.69) is 21.2 Å². The molecule has 4 heteroatoms. The summed E-state index contributed by atoms with van der Waals surface area (Å²) in [7, 11) is 0. The monoisotopic (exact) mass is 275 g/mol. The van der Waals surface area contributed by atoms with Gasteiger partial charge in [-0.05, 0) is 44.0 Å². The smallest absolute Gasteiger partial charge is 0.300 e. The standard InChI is InChI=1S/C17H13N3O/c1-4-15(21)20-14-9-12-7-5-10(2)18-16(12)17-13(14)8-6-11(3)19-17/h1,5-9H,2-3H3,(H,20,21). The molecule has 1 aromatic carbocycles. The summed E-state index contributed by atoms with van der Waals surface area (Å²) in [6, 6.07) is 9.59. The van der Waals surface area contributed by atoms with Crippen LogP contribution in [0.5, 0.6) is 0 Å². The Bertz CT molecular complexity index is 923. The van der Waals surface area contributed by atoms with Crippen LogP contribution in [0.4, 0.5) is 5.69 Å².